The van der Waals surface area contributed by atoms with Crippen molar-refractivity contribution in [2.75, 3.05) is 0 Å². The number of primary amides is 2. The molecule has 0 aromatic carbocycles. The minimum Gasteiger partial charge on any atom is -0.370 e. The van der Waals surface area contributed by atoms with Crippen molar-refractivity contribution in [1.29, 1.82) is 0 Å². The van der Waals surface area contributed by atoms with Crippen LogP contribution in [0.1, 0.15) is 32.6 Å². The highest BCUT2D eigenvalue weighted by Crippen LogP contribution is 1.99. The van der Waals surface area contributed by atoms with E-state index in [0.717, 1.165) is 0 Å². The largest absolute Gasteiger partial charge is 0.370 e. The van der Waals surface area contributed by atoms with Gasteiger partial charge in [-0.05, 0) is 12.8 Å². The fraction of sp³-hybridized carbons (Fsp3) is 0.583. The van der Waals surface area contributed by atoms with E-state index in [1.807, 2.05) is 0 Å². The third-order valence-corrected chi connectivity index (χ3v) is 2.68. The van der Waals surface area contributed by atoms with E-state index in [2.05, 4.69) is 10.6 Å². The lowest BCUT2D eigenvalue weighted by atomic mass is 10.1. The summed E-state index contributed by atoms with van der Waals surface area (Å²) in [5.41, 5.74) is 15.3. The Morgan fingerprint density at radius 1 is 1.00 bits per heavy atom. The number of amides is 5. The molecule has 0 saturated heterocycles. The molecule has 0 spiro atoms. The summed E-state index contributed by atoms with van der Waals surface area (Å²) in [6.07, 6.45) is -0.354. The van der Waals surface area contributed by atoms with Gasteiger partial charge in [0.05, 0.1) is 6.04 Å². The average molecular weight is 315 g/mol. The lowest BCUT2D eigenvalue weighted by Gasteiger charge is -2.16. The van der Waals surface area contributed by atoms with Gasteiger partial charge in [0.15, 0.2) is 0 Å². The van der Waals surface area contributed by atoms with Gasteiger partial charge in [-0.2, -0.15) is 0 Å². The quantitative estimate of drug-likeness (QED) is 0.301. The van der Waals surface area contributed by atoms with Crippen LogP contribution >= 0.6 is 0 Å². The molecule has 2 unspecified atom stereocenters. The zero-order chi connectivity index (χ0) is 17.3. The summed E-state index contributed by atoms with van der Waals surface area (Å²) >= 11 is 0. The van der Waals surface area contributed by atoms with Gasteiger partial charge in [-0.1, -0.05) is 0 Å². The number of carbonyl (C=O) groups excluding carboxylic acids is 5. The smallest absolute Gasteiger partial charge is 0.249 e. The van der Waals surface area contributed by atoms with E-state index < -0.39 is 41.6 Å². The van der Waals surface area contributed by atoms with Gasteiger partial charge in [0.2, 0.25) is 29.5 Å². The molecule has 5 amide bonds. The van der Waals surface area contributed by atoms with E-state index in [1.54, 1.807) is 0 Å². The number of imide groups is 1. The minimum absolute atomic E-state index is 0.0134. The Morgan fingerprint density at radius 3 is 2.05 bits per heavy atom. The number of nitrogens with two attached hydrogens (primary N) is 3. The van der Waals surface area contributed by atoms with Gasteiger partial charge in [-0.25, -0.2) is 0 Å². The standard InChI is InChI=1S/C12H21N5O5/c1-6(18)16-8(3-4-9(14)19)12(22)17-10(20)5-2-7(13)11(15)21/h7-8H,2-5,13H2,1H3,(H2,14,19)(H2,15,21)(H,16,18)(H,17,20,22). The van der Waals surface area contributed by atoms with Gasteiger partial charge >= 0.3 is 0 Å². The van der Waals surface area contributed by atoms with Crippen molar-refractivity contribution in [2.24, 2.45) is 17.2 Å². The molecule has 0 bridgehead atoms. The van der Waals surface area contributed by atoms with E-state index in [0.29, 0.717) is 0 Å². The SMILES string of the molecule is CC(=O)NC(CCC(N)=O)C(=O)NC(=O)CCC(N)C(N)=O. The number of hydrogen-bond donors (Lipinski definition) is 5. The second-order valence-corrected chi connectivity index (χ2v) is 4.72. The predicted octanol–water partition coefficient (Wildman–Crippen LogP) is -3.01. The third-order valence-electron chi connectivity index (χ3n) is 2.68. The summed E-state index contributed by atoms with van der Waals surface area (Å²) in [4.78, 5) is 55.9. The lowest BCUT2D eigenvalue weighted by molar-refractivity contribution is -0.134. The Balaban J connectivity index is 4.46. The molecule has 10 heteroatoms. The van der Waals surface area contributed by atoms with E-state index in [9.17, 15) is 24.0 Å². The summed E-state index contributed by atoms with van der Waals surface area (Å²) in [5.74, 6) is -3.32. The number of nitrogens with one attached hydrogen (secondary N) is 2. The van der Waals surface area contributed by atoms with Crippen molar-refractivity contribution in [2.45, 2.75) is 44.7 Å². The van der Waals surface area contributed by atoms with Crippen LogP contribution in [-0.2, 0) is 24.0 Å². The van der Waals surface area contributed by atoms with E-state index in [1.165, 1.54) is 6.92 Å². The highest BCUT2D eigenvalue weighted by molar-refractivity contribution is 5.99. The molecule has 10 nitrogen and oxygen atoms in total. The van der Waals surface area contributed by atoms with Crippen LogP contribution in [0.5, 0.6) is 0 Å². The van der Waals surface area contributed by atoms with Gasteiger partial charge in [0.25, 0.3) is 0 Å². The number of carbonyl (C=O) groups is 5. The van der Waals surface area contributed by atoms with Gasteiger partial charge in [-0.15, -0.1) is 0 Å². The molecular weight excluding hydrogens is 294 g/mol. The van der Waals surface area contributed by atoms with Crippen molar-refractivity contribution >= 4 is 29.5 Å². The van der Waals surface area contributed by atoms with Crippen molar-refractivity contribution in [3.8, 4) is 0 Å². The summed E-state index contributed by atoms with van der Waals surface area (Å²) in [5, 5.41) is 4.36. The van der Waals surface area contributed by atoms with Crippen LogP contribution in [-0.4, -0.2) is 41.6 Å². The number of hydrogen-bond acceptors (Lipinski definition) is 6. The van der Waals surface area contributed by atoms with Crippen LogP contribution in [0.4, 0.5) is 0 Å². The van der Waals surface area contributed by atoms with E-state index in [-0.39, 0.29) is 25.7 Å². The zero-order valence-electron chi connectivity index (χ0n) is 12.3. The van der Waals surface area contributed by atoms with Crippen molar-refractivity contribution in [1.82, 2.24) is 10.6 Å². The molecule has 0 heterocycles. The minimum atomic E-state index is -1.06. The highest BCUT2D eigenvalue weighted by atomic mass is 16.2. The van der Waals surface area contributed by atoms with Crippen LogP contribution < -0.4 is 27.8 Å². The van der Waals surface area contributed by atoms with Gasteiger partial charge in [-0.3, -0.25) is 29.3 Å². The summed E-state index contributed by atoms with van der Waals surface area (Å²) in [6, 6.07) is -2.04. The van der Waals surface area contributed by atoms with Crippen LogP contribution in [0.3, 0.4) is 0 Å². The fourth-order valence-electron chi connectivity index (χ4n) is 1.52. The molecule has 2 atom stereocenters. The summed E-state index contributed by atoms with van der Waals surface area (Å²) in [7, 11) is 0. The first-order valence-electron chi connectivity index (χ1n) is 6.57. The molecule has 8 N–H and O–H groups in total. The maximum absolute atomic E-state index is 11.9. The normalized spacial score (nSPS) is 12.8. The Morgan fingerprint density at radius 2 is 1.59 bits per heavy atom. The van der Waals surface area contributed by atoms with Crippen molar-refractivity contribution in [3.63, 3.8) is 0 Å². The molecule has 0 radical (unpaired) electrons. The molecule has 124 valence electrons. The molecule has 0 aromatic rings. The maximum atomic E-state index is 11.9. The van der Waals surface area contributed by atoms with Crippen LogP contribution in [0.2, 0.25) is 0 Å². The predicted molar refractivity (Wildman–Crippen MR) is 75.6 cm³/mol. The Labute approximate surface area is 127 Å². The first-order valence-corrected chi connectivity index (χ1v) is 6.57. The van der Waals surface area contributed by atoms with Gasteiger partial charge in [0.1, 0.15) is 6.04 Å². The van der Waals surface area contributed by atoms with E-state index >= 15 is 0 Å². The maximum Gasteiger partial charge on any atom is 0.249 e. The number of rotatable bonds is 9. The molecule has 0 aliphatic carbocycles. The molecule has 0 aliphatic rings. The second-order valence-electron chi connectivity index (χ2n) is 4.72. The monoisotopic (exact) mass is 315 g/mol. The van der Waals surface area contributed by atoms with Gasteiger partial charge in [0, 0.05) is 19.8 Å². The first-order chi connectivity index (χ1) is 10.1. The summed E-state index contributed by atoms with van der Waals surface area (Å²) < 4.78 is 0. The Hall–Kier alpha value is -2.49. The third kappa shape index (κ3) is 8.64. The molecule has 0 fully saturated rings. The molecule has 22 heavy (non-hydrogen) atoms. The highest BCUT2D eigenvalue weighted by Gasteiger charge is 2.22. The zero-order valence-corrected chi connectivity index (χ0v) is 12.3. The van der Waals surface area contributed by atoms with E-state index in [4.69, 9.17) is 17.2 Å². The summed E-state index contributed by atoms with van der Waals surface area (Å²) in [6.45, 7) is 1.19. The molecule has 0 aromatic heterocycles. The van der Waals surface area contributed by atoms with Crippen LogP contribution in [0, 0.1) is 0 Å². The first kappa shape index (κ1) is 19.5. The molecule has 0 saturated carbocycles. The average Bonchev–Trinajstić information content (AvgIpc) is 2.39. The Kier molecular flexibility index (Phi) is 8.38. The van der Waals surface area contributed by atoms with Crippen molar-refractivity contribution < 1.29 is 24.0 Å². The molecular formula is C12H21N5O5. The Bertz CT molecular complexity index is 465. The fourth-order valence-corrected chi connectivity index (χ4v) is 1.52. The second kappa shape index (κ2) is 9.45. The topological polar surface area (TPSA) is 187 Å². The lowest BCUT2D eigenvalue weighted by Crippen LogP contribution is -2.48. The van der Waals surface area contributed by atoms with Crippen LogP contribution in [0.15, 0.2) is 0 Å². The van der Waals surface area contributed by atoms with Crippen LogP contribution in [0.25, 0.3) is 0 Å². The molecule has 0 rings (SSSR count). The molecule has 0 aliphatic heterocycles. The van der Waals surface area contributed by atoms with Crippen molar-refractivity contribution in [3.05, 3.63) is 0 Å². The van der Waals surface area contributed by atoms with Gasteiger partial charge < -0.3 is 22.5 Å².